The van der Waals surface area contributed by atoms with Crippen molar-refractivity contribution in [1.82, 2.24) is 0 Å². The maximum Gasteiger partial charge on any atom is 0.471 e. The number of carbonyl (C=O) groups is 1. The van der Waals surface area contributed by atoms with Crippen molar-refractivity contribution < 1.29 is 22.4 Å². The van der Waals surface area contributed by atoms with Gasteiger partial charge < -0.3 is 5.32 Å². The second-order valence-electron chi connectivity index (χ2n) is 2.74. The molecule has 0 aromatic heterocycles. The van der Waals surface area contributed by atoms with Gasteiger partial charge >= 0.3 is 12.1 Å². The molecular weight excluding hydrogens is 270 g/mol. The summed E-state index contributed by atoms with van der Waals surface area (Å²) in [6.07, 6.45) is -5.08. The fraction of sp³-hybridized carbons (Fsp3) is 0.125. The average Bonchev–Trinajstić information content (AvgIpc) is 2.12. The third kappa shape index (κ3) is 3.02. The molecule has 16 heavy (non-hydrogen) atoms. The van der Waals surface area contributed by atoms with Gasteiger partial charge in [0.15, 0.2) is 0 Å². The van der Waals surface area contributed by atoms with Gasteiger partial charge in [-0.15, -0.1) is 12.6 Å². The van der Waals surface area contributed by atoms with E-state index in [1.54, 1.807) is 0 Å². The number of hydrogen-bond acceptors (Lipinski definition) is 2. The van der Waals surface area contributed by atoms with E-state index in [9.17, 15) is 22.4 Å². The highest BCUT2D eigenvalue weighted by molar-refractivity contribution is 7.80. The first kappa shape index (κ1) is 13.1. The summed E-state index contributed by atoms with van der Waals surface area (Å²) in [7, 11) is 0. The second kappa shape index (κ2) is 4.50. The van der Waals surface area contributed by atoms with Crippen LogP contribution in [0.25, 0.3) is 0 Å². The first-order valence-electron chi connectivity index (χ1n) is 3.78. The van der Waals surface area contributed by atoms with Crippen LogP contribution in [0.1, 0.15) is 0 Å². The Morgan fingerprint density at radius 3 is 2.44 bits per heavy atom. The van der Waals surface area contributed by atoms with E-state index in [2.05, 4.69) is 12.6 Å². The largest absolute Gasteiger partial charge is 0.471 e. The van der Waals surface area contributed by atoms with Gasteiger partial charge in [0.2, 0.25) is 0 Å². The molecule has 0 aliphatic carbocycles. The SMILES string of the molecule is O=C(Nc1cc(S)c(Cl)cc1F)C(F)(F)F. The van der Waals surface area contributed by atoms with Gasteiger partial charge in [-0.3, -0.25) is 4.79 Å². The molecule has 0 saturated carbocycles. The summed E-state index contributed by atoms with van der Waals surface area (Å²) in [5.74, 6) is -3.33. The van der Waals surface area contributed by atoms with Crippen LogP contribution in [-0.2, 0) is 4.79 Å². The third-order valence-corrected chi connectivity index (χ3v) is 2.36. The number of halogens is 5. The average molecular weight is 274 g/mol. The van der Waals surface area contributed by atoms with E-state index < -0.39 is 23.6 Å². The molecule has 0 bridgehead atoms. The molecule has 0 radical (unpaired) electrons. The lowest BCUT2D eigenvalue weighted by atomic mass is 10.3. The maximum absolute atomic E-state index is 13.1. The summed E-state index contributed by atoms with van der Waals surface area (Å²) in [5, 5.41) is 1.31. The van der Waals surface area contributed by atoms with Crippen molar-refractivity contribution in [3.8, 4) is 0 Å². The molecule has 1 amide bonds. The van der Waals surface area contributed by atoms with Crippen molar-refractivity contribution in [2.75, 3.05) is 5.32 Å². The van der Waals surface area contributed by atoms with Crippen LogP contribution >= 0.6 is 24.2 Å². The molecule has 88 valence electrons. The second-order valence-corrected chi connectivity index (χ2v) is 3.62. The van der Waals surface area contributed by atoms with Crippen LogP contribution < -0.4 is 5.32 Å². The quantitative estimate of drug-likeness (QED) is 0.597. The van der Waals surface area contributed by atoms with Crippen molar-refractivity contribution >= 4 is 35.8 Å². The normalized spacial score (nSPS) is 11.4. The number of amides is 1. The molecule has 0 heterocycles. The van der Waals surface area contributed by atoms with E-state index >= 15 is 0 Å². The summed E-state index contributed by atoms with van der Waals surface area (Å²) in [5.41, 5.74) is -0.628. The zero-order valence-electron chi connectivity index (χ0n) is 7.40. The van der Waals surface area contributed by atoms with E-state index in [0.717, 1.165) is 12.1 Å². The molecular formula is C8H4ClF4NOS. The standard InChI is InChI=1S/C8H4ClF4NOS/c9-3-1-4(10)5(2-6(3)16)14-7(15)8(11,12)13/h1-2,16H,(H,14,15). The molecule has 0 spiro atoms. The number of carbonyl (C=O) groups excluding carboxylic acids is 1. The number of thiol groups is 1. The molecule has 8 heteroatoms. The van der Waals surface area contributed by atoms with Crippen LogP contribution in [0.4, 0.5) is 23.2 Å². The predicted octanol–water partition coefficient (Wildman–Crippen LogP) is 3.27. The molecule has 1 N–H and O–H groups in total. The van der Waals surface area contributed by atoms with Crippen LogP contribution in [0.2, 0.25) is 5.02 Å². The summed E-state index contributed by atoms with van der Waals surface area (Å²) in [6, 6.07) is 1.65. The highest BCUT2D eigenvalue weighted by Gasteiger charge is 2.39. The topological polar surface area (TPSA) is 29.1 Å². The smallest absolute Gasteiger partial charge is 0.316 e. The van der Waals surface area contributed by atoms with Crippen LogP contribution in [0.3, 0.4) is 0 Å². The monoisotopic (exact) mass is 273 g/mol. The Kier molecular flexibility index (Phi) is 3.69. The number of anilines is 1. The molecule has 0 unspecified atom stereocenters. The molecule has 1 aromatic carbocycles. The Bertz CT molecular complexity index is 435. The number of hydrogen-bond donors (Lipinski definition) is 2. The molecule has 0 aliphatic rings. The van der Waals surface area contributed by atoms with E-state index in [1.165, 1.54) is 5.32 Å². The number of alkyl halides is 3. The molecule has 1 aromatic rings. The number of rotatable bonds is 1. The number of benzene rings is 1. The molecule has 0 fully saturated rings. The maximum atomic E-state index is 13.1. The van der Waals surface area contributed by atoms with E-state index in [4.69, 9.17) is 11.6 Å². The predicted molar refractivity (Wildman–Crippen MR) is 53.3 cm³/mol. The summed E-state index contributed by atoms with van der Waals surface area (Å²) in [6.45, 7) is 0. The highest BCUT2D eigenvalue weighted by Crippen LogP contribution is 2.28. The van der Waals surface area contributed by atoms with Crippen LogP contribution in [0.15, 0.2) is 17.0 Å². The van der Waals surface area contributed by atoms with Crippen molar-refractivity contribution in [2.24, 2.45) is 0 Å². The fourth-order valence-electron chi connectivity index (χ4n) is 0.827. The Hall–Kier alpha value is -0.950. The third-order valence-electron chi connectivity index (χ3n) is 1.54. The first-order chi connectivity index (χ1) is 7.21. The minimum Gasteiger partial charge on any atom is -0.316 e. The van der Waals surface area contributed by atoms with Gasteiger partial charge in [0.05, 0.1) is 10.7 Å². The lowest BCUT2D eigenvalue weighted by Gasteiger charge is -2.09. The molecule has 2 nitrogen and oxygen atoms in total. The molecule has 0 saturated heterocycles. The molecule has 0 atom stereocenters. The van der Waals surface area contributed by atoms with E-state index in [-0.39, 0.29) is 9.92 Å². The summed E-state index contributed by atoms with van der Waals surface area (Å²) >= 11 is 9.24. The minimum atomic E-state index is -5.08. The lowest BCUT2D eigenvalue weighted by molar-refractivity contribution is -0.167. The summed E-state index contributed by atoms with van der Waals surface area (Å²) in [4.78, 5) is 10.6. The Morgan fingerprint density at radius 1 is 1.38 bits per heavy atom. The van der Waals surface area contributed by atoms with Gasteiger partial charge in [-0.25, -0.2) is 4.39 Å². The van der Waals surface area contributed by atoms with Crippen LogP contribution in [0, 0.1) is 5.82 Å². The van der Waals surface area contributed by atoms with Crippen LogP contribution in [-0.4, -0.2) is 12.1 Å². The van der Waals surface area contributed by atoms with Gasteiger partial charge in [0.25, 0.3) is 0 Å². The van der Waals surface area contributed by atoms with Gasteiger partial charge in [0, 0.05) is 4.90 Å². The van der Waals surface area contributed by atoms with Crippen molar-refractivity contribution in [1.29, 1.82) is 0 Å². The van der Waals surface area contributed by atoms with Gasteiger partial charge in [0.1, 0.15) is 5.82 Å². The summed E-state index contributed by atoms with van der Waals surface area (Å²) < 4.78 is 48.7. The minimum absolute atomic E-state index is 0.0561. The van der Waals surface area contributed by atoms with E-state index in [1.807, 2.05) is 0 Å². The first-order valence-corrected chi connectivity index (χ1v) is 4.60. The lowest BCUT2D eigenvalue weighted by Crippen LogP contribution is -2.30. The van der Waals surface area contributed by atoms with Crippen molar-refractivity contribution in [3.05, 3.63) is 23.0 Å². The van der Waals surface area contributed by atoms with Gasteiger partial charge in [-0.05, 0) is 12.1 Å². The zero-order chi connectivity index (χ0) is 12.5. The number of nitrogens with one attached hydrogen (secondary N) is 1. The van der Waals surface area contributed by atoms with Crippen LogP contribution in [0.5, 0.6) is 0 Å². The van der Waals surface area contributed by atoms with Crippen molar-refractivity contribution in [3.63, 3.8) is 0 Å². The van der Waals surface area contributed by atoms with E-state index in [0.29, 0.717) is 0 Å². The highest BCUT2D eigenvalue weighted by atomic mass is 35.5. The van der Waals surface area contributed by atoms with Gasteiger partial charge in [-0.1, -0.05) is 11.6 Å². The Morgan fingerprint density at radius 2 is 1.94 bits per heavy atom. The zero-order valence-corrected chi connectivity index (χ0v) is 9.05. The Labute approximate surface area is 98.0 Å². The van der Waals surface area contributed by atoms with Crippen molar-refractivity contribution in [2.45, 2.75) is 11.1 Å². The van der Waals surface area contributed by atoms with Gasteiger partial charge in [-0.2, -0.15) is 13.2 Å². The Balaban J connectivity index is 2.99. The molecule has 1 rings (SSSR count). The fourth-order valence-corrected chi connectivity index (χ4v) is 1.17. The molecule has 0 aliphatic heterocycles.